The van der Waals surface area contributed by atoms with E-state index in [-0.39, 0.29) is 17.4 Å². The molecule has 0 spiro atoms. The second-order valence-electron chi connectivity index (χ2n) is 6.13. The van der Waals surface area contributed by atoms with Gasteiger partial charge in [0, 0.05) is 29.8 Å². The van der Waals surface area contributed by atoms with Crippen LogP contribution in [0.3, 0.4) is 0 Å². The summed E-state index contributed by atoms with van der Waals surface area (Å²) in [5.74, 6) is -2.07. The van der Waals surface area contributed by atoms with Crippen LogP contribution >= 0.6 is 0 Å². The zero-order valence-corrected chi connectivity index (χ0v) is 13.9. The fourth-order valence-electron chi connectivity index (χ4n) is 2.83. The molecule has 0 aliphatic rings. The van der Waals surface area contributed by atoms with Crippen molar-refractivity contribution in [3.63, 3.8) is 0 Å². The molecule has 0 amide bonds. The van der Waals surface area contributed by atoms with Gasteiger partial charge in [-0.05, 0) is 12.1 Å². The van der Waals surface area contributed by atoms with Gasteiger partial charge in [-0.3, -0.25) is 4.40 Å². The molecule has 1 aromatic carbocycles. The van der Waals surface area contributed by atoms with Crippen LogP contribution in [0.4, 0.5) is 13.2 Å². The van der Waals surface area contributed by atoms with Gasteiger partial charge in [0.05, 0.1) is 5.56 Å². The Morgan fingerprint density at radius 2 is 1.77 bits per heavy atom. The van der Waals surface area contributed by atoms with E-state index in [4.69, 9.17) is 4.42 Å². The zero-order chi connectivity index (χ0) is 18.4. The van der Waals surface area contributed by atoms with Gasteiger partial charge >= 0.3 is 0 Å². The van der Waals surface area contributed by atoms with E-state index in [9.17, 15) is 13.2 Å². The van der Waals surface area contributed by atoms with E-state index in [0.29, 0.717) is 23.3 Å². The fraction of sp³-hybridized carbons (Fsp3) is 0.167. The summed E-state index contributed by atoms with van der Waals surface area (Å²) in [5.41, 5.74) is 0.689. The Kier molecular flexibility index (Phi) is 3.75. The Labute approximate surface area is 146 Å². The molecule has 0 unspecified atom stereocenters. The van der Waals surface area contributed by atoms with Crippen LogP contribution in [0.5, 0.6) is 0 Å². The van der Waals surface area contributed by atoms with E-state index in [1.54, 1.807) is 22.7 Å². The summed E-state index contributed by atoms with van der Waals surface area (Å²) < 4.78 is 48.7. The topological polar surface area (TPSA) is 56.2 Å². The molecule has 132 valence electrons. The van der Waals surface area contributed by atoms with Crippen LogP contribution in [0.2, 0.25) is 0 Å². The lowest BCUT2D eigenvalue weighted by atomic mass is 10.1. The molecule has 4 rings (SSSR count). The molecule has 0 bridgehead atoms. The van der Waals surface area contributed by atoms with Crippen molar-refractivity contribution in [2.24, 2.45) is 0 Å². The third-order valence-electron chi connectivity index (χ3n) is 4.02. The zero-order valence-electron chi connectivity index (χ0n) is 13.9. The number of fused-ring (bicyclic) bond motifs is 1. The van der Waals surface area contributed by atoms with Gasteiger partial charge in [-0.25, -0.2) is 18.2 Å². The highest BCUT2D eigenvalue weighted by molar-refractivity contribution is 5.77. The molecule has 0 atom stereocenters. The average Bonchev–Trinajstić information content (AvgIpc) is 3.19. The summed E-state index contributed by atoms with van der Waals surface area (Å²) in [5, 5.41) is 8.23. The van der Waals surface area contributed by atoms with Crippen LogP contribution < -0.4 is 0 Å². The number of rotatable bonds is 3. The van der Waals surface area contributed by atoms with Gasteiger partial charge in [-0.15, -0.1) is 10.2 Å². The standard InChI is InChI=1S/C18H13F3N4O/c1-9(2)18-24-23-14-4-3-10(7-25(14)18)17-16(22-8-26-17)15-12(20)5-11(19)6-13(15)21/h3-9H,1-2H3. The van der Waals surface area contributed by atoms with E-state index >= 15 is 0 Å². The second kappa shape index (κ2) is 5.98. The van der Waals surface area contributed by atoms with Crippen LogP contribution in [0.25, 0.3) is 28.2 Å². The molecule has 0 saturated carbocycles. The Morgan fingerprint density at radius 3 is 2.46 bits per heavy atom. The molecule has 3 heterocycles. The molecular formula is C18H13F3N4O. The van der Waals surface area contributed by atoms with Crippen molar-refractivity contribution >= 4 is 5.65 Å². The van der Waals surface area contributed by atoms with Crippen molar-refractivity contribution in [2.45, 2.75) is 19.8 Å². The number of hydrogen-bond donors (Lipinski definition) is 0. The highest BCUT2D eigenvalue weighted by atomic mass is 19.1. The Morgan fingerprint density at radius 1 is 1.04 bits per heavy atom. The minimum absolute atomic E-state index is 0.0430. The van der Waals surface area contributed by atoms with Crippen molar-refractivity contribution in [1.82, 2.24) is 19.6 Å². The largest absolute Gasteiger partial charge is 0.443 e. The van der Waals surface area contributed by atoms with E-state index < -0.39 is 23.0 Å². The number of oxazole rings is 1. The number of benzene rings is 1. The first kappa shape index (κ1) is 16.3. The first-order chi connectivity index (χ1) is 12.5. The molecule has 8 heteroatoms. The first-order valence-corrected chi connectivity index (χ1v) is 7.89. The van der Waals surface area contributed by atoms with Crippen LogP contribution in [0, 0.1) is 17.5 Å². The summed E-state index contributed by atoms with van der Waals surface area (Å²) >= 11 is 0. The Bertz CT molecular complexity index is 1090. The number of pyridine rings is 1. The van der Waals surface area contributed by atoms with E-state index in [1.165, 1.54) is 0 Å². The van der Waals surface area contributed by atoms with Gasteiger partial charge < -0.3 is 4.42 Å². The second-order valence-corrected chi connectivity index (χ2v) is 6.13. The normalized spacial score (nSPS) is 11.6. The molecule has 3 aromatic heterocycles. The van der Waals surface area contributed by atoms with Crippen LogP contribution in [-0.4, -0.2) is 19.6 Å². The molecule has 0 radical (unpaired) electrons. The number of hydrogen-bond acceptors (Lipinski definition) is 4. The smallest absolute Gasteiger partial charge is 0.182 e. The molecular weight excluding hydrogens is 345 g/mol. The fourth-order valence-corrected chi connectivity index (χ4v) is 2.83. The first-order valence-electron chi connectivity index (χ1n) is 7.89. The number of aromatic nitrogens is 4. The van der Waals surface area contributed by atoms with E-state index in [0.717, 1.165) is 12.2 Å². The summed E-state index contributed by atoms with van der Waals surface area (Å²) in [6.45, 7) is 3.96. The predicted molar refractivity (Wildman–Crippen MR) is 87.9 cm³/mol. The molecule has 4 aromatic rings. The minimum Gasteiger partial charge on any atom is -0.443 e. The van der Waals surface area contributed by atoms with Gasteiger partial charge in [0.1, 0.15) is 29.0 Å². The third-order valence-corrected chi connectivity index (χ3v) is 4.02. The van der Waals surface area contributed by atoms with E-state index in [2.05, 4.69) is 15.2 Å². The van der Waals surface area contributed by atoms with Crippen LogP contribution in [0.1, 0.15) is 25.6 Å². The van der Waals surface area contributed by atoms with Gasteiger partial charge in [0.2, 0.25) is 0 Å². The maximum atomic E-state index is 14.2. The SMILES string of the molecule is CC(C)c1nnc2ccc(-c3ocnc3-c3c(F)cc(F)cc3F)cn12. The van der Waals surface area contributed by atoms with Crippen LogP contribution in [-0.2, 0) is 0 Å². The van der Waals surface area contributed by atoms with Gasteiger partial charge in [-0.2, -0.15) is 0 Å². The van der Waals surface area contributed by atoms with Gasteiger partial charge in [-0.1, -0.05) is 13.8 Å². The van der Waals surface area contributed by atoms with Crippen molar-refractivity contribution in [1.29, 1.82) is 0 Å². The molecule has 0 fully saturated rings. The lowest BCUT2D eigenvalue weighted by Gasteiger charge is -2.07. The summed E-state index contributed by atoms with van der Waals surface area (Å²) in [7, 11) is 0. The predicted octanol–water partition coefficient (Wildman–Crippen LogP) is 4.59. The van der Waals surface area contributed by atoms with Crippen molar-refractivity contribution < 1.29 is 17.6 Å². The van der Waals surface area contributed by atoms with E-state index in [1.807, 2.05) is 13.8 Å². The Balaban J connectivity index is 1.91. The third kappa shape index (κ3) is 2.54. The maximum Gasteiger partial charge on any atom is 0.182 e. The summed E-state index contributed by atoms with van der Waals surface area (Å²) in [4.78, 5) is 3.93. The number of halogens is 3. The highest BCUT2D eigenvalue weighted by Gasteiger charge is 2.22. The lowest BCUT2D eigenvalue weighted by molar-refractivity contribution is 0.546. The lowest BCUT2D eigenvalue weighted by Crippen LogP contribution is -1.98. The van der Waals surface area contributed by atoms with Crippen molar-refractivity contribution in [3.05, 3.63) is 60.1 Å². The molecule has 26 heavy (non-hydrogen) atoms. The minimum atomic E-state index is -1.05. The summed E-state index contributed by atoms with van der Waals surface area (Å²) in [6, 6.07) is 4.63. The molecule has 0 aliphatic carbocycles. The highest BCUT2D eigenvalue weighted by Crippen LogP contribution is 2.34. The van der Waals surface area contributed by atoms with Crippen molar-refractivity contribution in [2.75, 3.05) is 0 Å². The maximum absolute atomic E-state index is 14.2. The van der Waals surface area contributed by atoms with Gasteiger partial charge in [0.15, 0.2) is 17.8 Å². The summed E-state index contributed by atoms with van der Waals surface area (Å²) in [6.07, 6.45) is 2.81. The Hall–Kier alpha value is -3.16. The molecule has 5 nitrogen and oxygen atoms in total. The monoisotopic (exact) mass is 358 g/mol. The molecule has 0 aliphatic heterocycles. The quantitative estimate of drug-likeness (QED) is 0.537. The number of nitrogens with zero attached hydrogens (tertiary/aromatic N) is 4. The molecule has 0 saturated heterocycles. The molecule has 0 N–H and O–H groups in total. The van der Waals surface area contributed by atoms with Gasteiger partial charge in [0.25, 0.3) is 0 Å². The average molecular weight is 358 g/mol. The van der Waals surface area contributed by atoms with Crippen molar-refractivity contribution in [3.8, 4) is 22.6 Å². The van der Waals surface area contributed by atoms with Crippen LogP contribution in [0.15, 0.2) is 41.3 Å².